The molecule has 9 heteroatoms. The van der Waals surface area contributed by atoms with E-state index in [9.17, 15) is 19.5 Å². The van der Waals surface area contributed by atoms with E-state index >= 15 is 0 Å². The number of hydrogen-bond donors (Lipinski definition) is 2. The average Bonchev–Trinajstić information content (AvgIpc) is 3.25. The minimum atomic E-state index is -1.22. The average molecular weight is 464 g/mol. The van der Waals surface area contributed by atoms with Crippen LogP contribution >= 0.6 is 11.3 Å². The van der Waals surface area contributed by atoms with Crippen molar-refractivity contribution in [1.82, 2.24) is 9.55 Å². The Hall–Kier alpha value is -3.98. The summed E-state index contributed by atoms with van der Waals surface area (Å²) in [6, 6.07) is 14.9. The number of amides is 1. The van der Waals surface area contributed by atoms with Crippen LogP contribution in [0.1, 0.15) is 30.2 Å². The van der Waals surface area contributed by atoms with Crippen LogP contribution in [0.4, 0.5) is 5.69 Å². The van der Waals surface area contributed by atoms with Crippen LogP contribution in [0.3, 0.4) is 0 Å². The molecular weight excluding hydrogens is 442 g/mol. The third-order valence-corrected chi connectivity index (χ3v) is 5.97. The van der Waals surface area contributed by atoms with Gasteiger partial charge in [0.25, 0.3) is 5.56 Å². The SMILES string of the molecule is CCOc1ccc(NC(=O)C(C)n2c(-c3ccccc3)nc3scc(C(=O)O)c3c2=O)cc1. The predicted molar refractivity (Wildman–Crippen MR) is 127 cm³/mol. The van der Waals surface area contributed by atoms with Gasteiger partial charge in [-0.2, -0.15) is 0 Å². The Morgan fingerprint density at radius 3 is 2.48 bits per heavy atom. The lowest BCUT2D eigenvalue weighted by Gasteiger charge is -2.19. The van der Waals surface area contributed by atoms with Gasteiger partial charge in [-0.1, -0.05) is 30.3 Å². The van der Waals surface area contributed by atoms with Crippen molar-refractivity contribution in [2.24, 2.45) is 0 Å². The Bertz CT molecular complexity index is 1380. The molecule has 2 N–H and O–H groups in total. The highest BCUT2D eigenvalue weighted by atomic mass is 32.1. The summed E-state index contributed by atoms with van der Waals surface area (Å²) >= 11 is 1.08. The number of aromatic nitrogens is 2. The molecule has 2 aromatic carbocycles. The maximum absolute atomic E-state index is 13.5. The molecule has 0 saturated carbocycles. The third-order valence-electron chi connectivity index (χ3n) is 5.10. The van der Waals surface area contributed by atoms with Gasteiger partial charge in [0, 0.05) is 16.6 Å². The van der Waals surface area contributed by atoms with Gasteiger partial charge in [-0.15, -0.1) is 11.3 Å². The van der Waals surface area contributed by atoms with Gasteiger partial charge in [-0.05, 0) is 38.1 Å². The summed E-state index contributed by atoms with van der Waals surface area (Å²) in [6.07, 6.45) is 0. The number of hydrogen-bond acceptors (Lipinski definition) is 6. The minimum absolute atomic E-state index is 0.00658. The topological polar surface area (TPSA) is 111 Å². The number of nitrogens with zero attached hydrogens (tertiary/aromatic N) is 2. The number of carbonyl (C=O) groups is 2. The molecule has 0 aliphatic rings. The van der Waals surface area contributed by atoms with Crippen molar-refractivity contribution >= 4 is 39.1 Å². The van der Waals surface area contributed by atoms with Crippen LogP contribution < -0.4 is 15.6 Å². The van der Waals surface area contributed by atoms with Gasteiger partial charge in [-0.25, -0.2) is 9.78 Å². The number of aromatic carboxylic acids is 1. The van der Waals surface area contributed by atoms with Gasteiger partial charge in [0.2, 0.25) is 5.91 Å². The highest BCUT2D eigenvalue weighted by Gasteiger charge is 2.26. The van der Waals surface area contributed by atoms with E-state index in [2.05, 4.69) is 10.3 Å². The van der Waals surface area contributed by atoms with E-state index in [4.69, 9.17) is 4.74 Å². The summed E-state index contributed by atoms with van der Waals surface area (Å²) < 4.78 is 6.66. The number of thiophene rings is 1. The van der Waals surface area contributed by atoms with Crippen molar-refractivity contribution in [2.75, 3.05) is 11.9 Å². The second-order valence-electron chi connectivity index (χ2n) is 7.23. The van der Waals surface area contributed by atoms with Crippen LogP contribution in [-0.2, 0) is 4.79 Å². The Morgan fingerprint density at radius 2 is 1.85 bits per heavy atom. The molecule has 0 saturated heterocycles. The van der Waals surface area contributed by atoms with E-state index in [-0.39, 0.29) is 10.9 Å². The van der Waals surface area contributed by atoms with Gasteiger partial charge < -0.3 is 15.2 Å². The fourth-order valence-electron chi connectivity index (χ4n) is 3.48. The maximum Gasteiger partial charge on any atom is 0.337 e. The molecule has 0 aliphatic heterocycles. The fraction of sp³-hybridized carbons (Fsp3) is 0.167. The normalized spacial score (nSPS) is 11.8. The van der Waals surface area contributed by atoms with E-state index < -0.39 is 23.5 Å². The molecule has 0 radical (unpaired) electrons. The van der Waals surface area contributed by atoms with Crippen LogP contribution in [0.25, 0.3) is 21.6 Å². The summed E-state index contributed by atoms with van der Waals surface area (Å²) in [7, 11) is 0. The molecule has 1 atom stereocenters. The van der Waals surface area contributed by atoms with Gasteiger partial charge >= 0.3 is 5.97 Å². The monoisotopic (exact) mass is 463 g/mol. The number of carboxylic acid groups (broad SMARTS) is 1. The minimum Gasteiger partial charge on any atom is -0.494 e. The van der Waals surface area contributed by atoms with E-state index in [0.29, 0.717) is 34.3 Å². The van der Waals surface area contributed by atoms with Crippen LogP contribution in [0.2, 0.25) is 0 Å². The Morgan fingerprint density at radius 1 is 1.15 bits per heavy atom. The first-order chi connectivity index (χ1) is 15.9. The molecule has 1 amide bonds. The molecule has 8 nitrogen and oxygen atoms in total. The lowest BCUT2D eigenvalue weighted by molar-refractivity contribution is -0.118. The largest absolute Gasteiger partial charge is 0.494 e. The highest BCUT2D eigenvalue weighted by Crippen LogP contribution is 2.27. The van der Waals surface area contributed by atoms with Gasteiger partial charge in [0.05, 0.1) is 17.6 Å². The number of anilines is 1. The van der Waals surface area contributed by atoms with E-state index in [1.54, 1.807) is 55.5 Å². The molecule has 0 aliphatic carbocycles. The van der Waals surface area contributed by atoms with Crippen molar-refractivity contribution in [3.8, 4) is 17.1 Å². The molecule has 0 fully saturated rings. The van der Waals surface area contributed by atoms with Gasteiger partial charge in [0.1, 0.15) is 22.4 Å². The molecule has 1 unspecified atom stereocenters. The fourth-order valence-corrected chi connectivity index (χ4v) is 4.38. The zero-order valence-electron chi connectivity index (χ0n) is 17.9. The molecule has 4 aromatic rings. The molecular formula is C24H21N3O5S. The smallest absolute Gasteiger partial charge is 0.337 e. The standard InChI is InChI=1S/C24H21N3O5S/c1-3-32-17-11-9-16(10-12-17)25-21(28)14(2)27-20(15-7-5-4-6-8-15)26-22-19(23(27)29)18(13-33-22)24(30)31/h4-14H,3H2,1-2H3,(H,25,28)(H,30,31). The zero-order chi connectivity index (χ0) is 23.5. The Balaban J connectivity index is 1.79. The zero-order valence-corrected chi connectivity index (χ0v) is 18.8. The second-order valence-corrected chi connectivity index (χ2v) is 8.09. The first-order valence-electron chi connectivity index (χ1n) is 10.3. The summed E-state index contributed by atoms with van der Waals surface area (Å²) in [5.41, 5.74) is 0.481. The van der Waals surface area contributed by atoms with Crippen molar-refractivity contribution in [3.63, 3.8) is 0 Å². The number of nitrogens with one attached hydrogen (secondary N) is 1. The van der Waals surface area contributed by atoms with E-state index in [1.807, 2.05) is 13.0 Å². The van der Waals surface area contributed by atoms with E-state index in [0.717, 1.165) is 11.3 Å². The van der Waals surface area contributed by atoms with Gasteiger partial charge in [0.15, 0.2) is 0 Å². The van der Waals surface area contributed by atoms with Crippen molar-refractivity contribution in [3.05, 3.63) is 75.9 Å². The van der Waals surface area contributed by atoms with E-state index in [1.165, 1.54) is 9.95 Å². The Kier molecular flexibility index (Phi) is 6.23. The number of carboxylic acids is 1. The van der Waals surface area contributed by atoms with Crippen LogP contribution in [0, 0.1) is 0 Å². The van der Waals surface area contributed by atoms with Crippen molar-refractivity contribution < 1.29 is 19.4 Å². The lowest BCUT2D eigenvalue weighted by atomic mass is 10.1. The molecule has 168 valence electrons. The van der Waals surface area contributed by atoms with Crippen molar-refractivity contribution in [2.45, 2.75) is 19.9 Å². The quantitative estimate of drug-likeness (QED) is 0.420. The van der Waals surface area contributed by atoms with Crippen molar-refractivity contribution in [1.29, 1.82) is 0 Å². The summed E-state index contributed by atoms with van der Waals surface area (Å²) in [5.74, 6) is -0.682. The number of ether oxygens (including phenoxy) is 1. The number of benzene rings is 2. The lowest BCUT2D eigenvalue weighted by Crippen LogP contribution is -2.33. The van der Waals surface area contributed by atoms with Gasteiger partial charge in [-0.3, -0.25) is 14.2 Å². The summed E-state index contributed by atoms with van der Waals surface area (Å²) in [5, 5.41) is 13.7. The molecule has 0 bridgehead atoms. The summed E-state index contributed by atoms with van der Waals surface area (Å²) in [6.45, 7) is 4.00. The van der Waals surface area contributed by atoms with Crippen LogP contribution in [0.15, 0.2) is 64.8 Å². The summed E-state index contributed by atoms with van der Waals surface area (Å²) in [4.78, 5) is 43.1. The molecule has 2 aromatic heterocycles. The maximum atomic E-state index is 13.5. The molecule has 0 spiro atoms. The molecule has 4 rings (SSSR count). The molecule has 33 heavy (non-hydrogen) atoms. The number of fused-ring (bicyclic) bond motifs is 1. The highest BCUT2D eigenvalue weighted by molar-refractivity contribution is 7.17. The first kappa shape index (κ1) is 22.2. The molecule has 2 heterocycles. The first-order valence-corrected chi connectivity index (χ1v) is 11.1. The number of carbonyl (C=O) groups excluding carboxylic acids is 1. The second kappa shape index (κ2) is 9.25. The predicted octanol–water partition coefficient (Wildman–Crippen LogP) is 4.42. The van der Waals surface area contributed by atoms with Crippen LogP contribution in [0.5, 0.6) is 5.75 Å². The Labute approximate surface area is 193 Å². The third kappa shape index (κ3) is 4.35. The number of rotatable bonds is 7. The van der Waals surface area contributed by atoms with Crippen LogP contribution in [-0.4, -0.2) is 33.1 Å².